The number of halogens is 1. The van der Waals surface area contributed by atoms with Crippen LogP contribution in [0.1, 0.15) is 47.7 Å². The molecule has 1 aliphatic heterocycles. The zero-order valence-corrected chi connectivity index (χ0v) is 16.7. The number of phenolic OH excluding ortho intramolecular Hbond substituents is 1. The Morgan fingerprint density at radius 2 is 1.96 bits per heavy atom. The Morgan fingerprint density at radius 1 is 1.25 bits per heavy atom. The van der Waals surface area contributed by atoms with Gasteiger partial charge in [0.15, 0.2) is 5.78 Å². The average molecular weight is 385 g/mol. The predicted molar refractivity (Wildman–Crippen MR) is 107 cm³/mol. The fourth-order valence-electron chi connectivity index (χ4n) is 4.25. The minimum Gasteiger partial charge on any atom is -0.508 e. The molecule has 1 aliphatic rings. The first-order chi connectivity index (χ1) is 13.2. The molecule has 2 aromatic carbocycles. The molecule has 28 heavy (non-hydrogen) atoms. The molecule has 1 saturated heterocycles. The van der Waals surface area contributed by atoms with E-state index in [0.717, 1.165) is 12.1 Å². The molecule has 0 unspecified atom stereocenters. The lowest BCUT2D eigenvalue weighted by atomic mass is 9.75. The molecule has 0 radical (unpaired) electrons. The zero-order valence-electron chi connectivity index (χ0n) is 16.7. The van der Waals surface area contributed by atoms with Crippen LogP contribution in [0, 0.1) is 18.7 Å². The van der Waals surface area contributed by atoms with E-state index in [0.29, 0.717) is 30.6 Å². The monoisotopic (exact) mass is 385 g/mol. The maximum atomic E-state index is 14.2. The van der Waals surface area contributed by atoms with Crippen LogP contribution in [-0.4, -0.2) is 46.1 Å². The summed E-state index contributed by atoms with van der Waals surface area (Å²) in [6, 6.07) is 11.4. The lowest BCUT2D eigenvalue weighted by Crippen LogP contribution is -2.48. The van der Waals surface area contributed by atoms with Gasteiger partial charge >= 0.3 is 0 Å². The molecule has 2 aromatic rings. The number of hydrogen-bond acceptors (Lipinski definition) is 4. The van der Waals surface area contributed by atoms with Crippen molar-refractivity contribution in [3.63, 3.8) is 0 Å². The van der Waals surface area contributed by atoms with Gasteiger partial charge in [0.05, 0.1) is 5.60 Å². The van der Waals surface area contributed by atoms with Crippen molar-refractivity contribution >= 4 is 5.78 Å². The van der Waals surface area contributed by atoms with Crippen LogP contribution in [0.3, 0.4) is 0 Å². The smallest absolute Gasteiger partial charge is 0.167 e. The molecule has 0 spiro atoms. The summed E-state index contributed by atoms with van der Waals surface area (Å²) in [5.74, 6) is -0.763. The fourth-order valence-corrected chi connectivity index (χ4v) is 4.25. The van der Waals surface area contributed by atoms with Crippen molar-refractivity contribution in [2.24, 2.45) is 5.92 Å². The summed E-state index contributed by atoms with van der Waals surface area (Å²) in [6.45, 7) is 6.94. The quantitative estimate of drug-likeness (QED) is 0.767. The molecule has 0 amide bonds. The maximum Gasteiger partial charge on any atom is 0.167 e. The molecule has 2 atom stereocenters. The van der Waals surface area contributed by atoms with Crippen LogP contribution in [-0.2, 0) is 0 Å². The van der Waals surface area contributed by atoms with E-state index in [9.17, 15) is 19.4 Å². The molecule has 0 bridgehead atoms. The Labute approximate surface area is 165 Å². The number of nitrogens with zero attached hydrogens (tertiary/aromatic N) is 1. The van der Waals surface area contributed by atoms with E-state index in [4.69, 9.17) is 0 Å². The van der Waals surface area contributed by atoms with Crippen molar-refractivity contribution < 1.29 is 19.4 Å². The minimum absolute atomic E-state index is 0.0495. The average Bonchev–Trinajstić information content (AvgIpc) is 2.62. The number of rotatable bonds is 5. The summed E-state index contributed by atoms with van der Waals surface area (Å²) in [4.78, 5) is 15.4. The van der Waals surface area contributed by atoms with Gasteiger partial charge in [0, 0.05) is 24.6 Å². The van der Waals surface area contributed by atoms with Gasteiger partial charge in [-0.1, -0.05) is 24.3 Å². The van der Waals surface area contributed by atoms with Gasteiger partial charge in [0.2, 0.25) is 0 Å². The summed E-state index contributed by atoms with van der Waals surface area (Å²) in [5, 5.41) is 20.0. The second kappa shape index (κ2) is 8.02. The predicted octanol–water partition coefficient (Wildman–Crippen LogP) is 3.90. The highest BCUT2D eigenvalue weighted by molar-refractivity contribution is 5.99. The number of Topliss-reactive ketones (excluding diaryl/α,β-unsaturated/α-hetero) is 1. The maximum absolute atomic E-state index is 14.2. The summed E-state index contributed by atoms with van der Waals surface area (Å²) in [5.41, 5.74) is 1.04. The van der Waals surface area contributed by atoms with E-state index >= 15 is 0 Å². The molecule has 150 valence electrons. The van der Waals surface area contributed by atoms with Crippen molar-refractivity contribution in [3.05, 3.63) is 65.0 Å². The first kappa shape index (κ1) is 20.5. The van der Waals surface area contributed by atoms with Gasteiger partial charge in [-0.15, -0.1) is 0 Å². The van der Waals surface area contributed by atoms with E-state index < -0.39 is 5.60 Å². The molecule has 5 heteroatoms. The van der Waals surface area contributed by atoms with Gasteiger partial charge in [-0.25, -0.2) is 4.39 Å². The topological polar surface area (TPSA) is 60.8 Å². The van der Waals surface area contributed by atoms with E-state index in [1.54, 1.807) is 39.0 Å². The molecular weight excluding hydrogens is 357 g/mol. The van der Waals surface area contributed by atoms with Crippen LogP contribution >= 0.6 is 0 Å². The number of carbonyl (C=O) groups excluding carboxylic acids is 1. The number of hydrogen-bond donors (Lipinski definition) is 2. The number of likely N-dealkylation sites (tertiary alicyclic amines) is 1. The number of aliphatic hydroxyl groups is 1. The van der Waals surface area contributed by atoms with E-state index in [2.05, 4.69) is 4.90 Å². The van der Waals surface area contributed by atoms with Crippen molar-refractivity contribution in [1.82, 2.24) is 4.90 Å². The van der Waals surface area contributed by atoms with Gasteiger partial charge in [-0.3, -0.25) is 9.69 Å². The van der Waals surface area contributed by atoms with Gasteiger partial charge in [-0.2, -0.15) is 0 Å². The number of benzene rings is 2. The Morgan fingerprint density at radius 3 is 2.64 bits per heavy atom. The summed E-state index contributed by atoms with van der Waals surface area (Å²) >= 11 is 0. The summed E-state index contributed by atoms with van der Waals surface area (Å²) < 4.78 is 14.2. The second-order valence-electron chi connectivity index (χ2n) is 8.42. The molecule has 0 aromatic heterocycles. The zero-order chi connectivity index (χ0) is 20.5. The van der Waals surface area contributed by atoms with Gasteiger partial charge in [0.1, 0.15) is 11.6 Å². The van der Waals surface area contributed by atoms with Crippen LogP contribution in [0.25, 0.3) is 0 Å². The lowest BCUT2D eigenvalue weighted by molar-refractivity contribution is 0.0179. The first-order valence-electron chi connectivity index (χ1n) is 9.69. The number of aromatic hydroxyl groups is 1. The molecule has 2 N–H and O–H groups in total. The van der Waals surface area contributed by atoms with Gasteiger partial charge in [0.25, 0.3) is 0 Å². The number of β-amino-alcohol motifs (C(OH)–C–C–N with tert-alkyl or cyclic N) is 1. The normalized spacial score (nSPS) is 20.9. The van der Waals surface area contributed by atoms with E-state index in [-0.39, 0.29) is 29.2 Å². The van der Waals surface area contributed by atoms with Crippen molar-refractivity contribution in [2.45, 2.75) is 38.7 Å². The summed E-state index contributed by atoms with van der Waals surface area (Å²) in [6.07, 6.45) is 0.704. The van der Waals surface area contributed by atoms with Crippen molar-refractivity contribution in [1.29, 1.82) is 0 Å². The third kappa shape index (κ3) is 4.59. The lowest BCUT2D eigenvalue weighted by Gasteiger charge is -2.40. The van der Waals surface area contributed by atoms with Gasteiger partial charge in [-0.05, 0) is 69.0 Å². The third-order valence-electron chi connectivity index (χ3n) is 5.48. The van der Waals surface area contributed by atoms with Gasteiger partial charge < -0.3 is 10.2 Å². The van der Waals surface area contributed by atoms with Crippen LogP contribution in [0.4, 0.5) is 4.39 Å². The molecule has 1 fully saturated rings. The van der Waals surface area contributed by atoms with Crippen molar-refractivity contribution in [3.8, 4) is 5.75 Å². The Kier molecular flexibility index (Phi) is 5.87. The highest BCUT2D eigenvalue weighted by Crippen LogP contribution is 2.37. The largest absolute Gasteiger partial charge is 0.508 e. The Bertz CT molecular complexity index is 859. The highest BCUT2D eigenvalue weighted by atomic mass is 19.1. The Balaban J connectivity index is 1.96. The molecular formula is C23H28FNO3. The first-order valence-corrected chi connectivity index (χ1v) is 9.69. The van der Waals surface area contributed by atoms with Crippen molar-refractivity contribution in [2.75, 3.05) is 19.6 Å². The van der Waals surface area contributed by atoms with Crippen LogP contribution in [0.5, 0.6) is 5.75 Å². The number of piperidine rings is 1. The summed E-state index contributed by atoms with van der Waals surface area (Å²) in [7, 11) is 0. The highest BCUT2D eigenvalue weighted by Gasteiger charge is 2.37. The SMILES string of the molecule is Cc1c(F)cccc1[C@H]1CCN(CC(C)(C)O)C[C@@H]1C(=O)c1cccc(O)c1. The molecule has 0 saturated carbocycles. The van der Waals surface area contributed by atoms with E-state index in [1.807, 2.05) is 6.07 Å². The molecule has 3 rings (SSSR count). The van der Waals surface area contributed by atoms with Crippen LogP contribution in [0.15, 0.2) is 42.5 Å². The van der Waals surface area contributed by atoms with Crippen LogP contribution in [0.2, 0.25) is 0 Å². The number of phenols is 1. The molecule has 0 aliphatic carbocycles. The Hall–Kier alpha value is -2.24. The number of ketones is 1. The standard InChI is InChI=1S/C23H28FNO3/c1-15-18(8-5-9-21(15)24)19-10-11-25(14-23(2,3)28)13-20(19)22(27)16-6-4-7-17(26)12-16/h4-9,12,19-20,26,28H,10-11,13-14H2,1-3H3/t19-,20+/m1/s1. The minimum atomic E-state index is -0.861. The number of carbonyl (C=O) groups is 1. The van der Waals surface area contributed by atoms with Crippen LogP contribution < -0.4 is 0 Å². The van der Waals surface area contributed by atoms with E-state index in [1.165, 1.54) is 18.2 Å². The second-order valence-corrected chi connectivity index (χ2v) is 8.42. The molecule has 1 heterocycles. The third-order valence-corrected chi connectivity index (χ3v) is 5.48. The fraction of sp³-hybridized carbons (Fsp3) is 0.435. The molecule has 4 nitrogen and oxygen atoms in total.